The number of para-hydroxylation sites is 1. The number of fused-ring (bicyclic) bond motifs is 1. The van der Waals surface area contributed by atoms with Gasteiger partial charge in [0.1, 0.15) is 11.2 Å². The van der Waals surface area contributed by atoms with Crippen molar-refractivity contribution < 1.29 is 8.68 Å². The molecular weight excluding hydrogens is 340 g/mol. The predicted octanol–water partition coefficient (Wildman–Crippen LogP) is 6.18. The molecule has 2 nitrogen and oxygen atoms in total. The van der Waals surface area contributed by atoms with E-state index in [-0.39, 0.29) is 5.54 Å². The van der Waals surface area contributed by atoms with E-state index in [2.05, 4.69) is 42.7 Å². The van der Waals surface area contributed by atoms with Gasteiger partial charge in [-0.2, -0.15) is 4.57 Å². The summed E-state index contributed by atoms with van der Waals surface area (Å²) in [7, 11) is 0. The van der Waals surface area contributed by atoms with E-state index in [1.54, 1.807) is 0 Å². The van der Waals surface area contributed by atoms with Gasteiger partial charge in [0.25, 0.3) is 5.82 Å². The maximum Gasteiger partial charge on any atom is 0.259 e. The van der Waals surface area contributed by atoms with Gasteiger partial charge >= 0.3 is 0 Å². The van der Waals surface area contributed by atoms with Crippen molar-refractivity contribution in [3.63, 3.8) is 0 Å². The molecule has 0 N–H and O–H groups in total. The summed E-state index contributed by atoms with van der Waals surface area (Å²) in [6.07, 6.45) is 15.9. The Kier molecular flexibility index (Phi) is 3.71. The number of aryl methyl sites for hydroxylation is 1. The Labute approximate surface area is 174 Å². The zero-order valence-corrected chi connectivity index (χ0v) is 17.4. The van der Waals surface area contributed by atoms with Crippen LogP contribution in [0.2, 0.25) is 0 Å². The third kappa shape index (κ3) is 2.49. The Hall–Kier alpha value is -1.83. The molecule has 5 rings (SSSR count). The van der Waals surface area contributed by atoms with Gasteiger partial charge in [-0.1, -0.05) is 50.3 Å². The zero-order chi connectivity index (χ0) is 21.8. The first-order chi connectivity index (χ1) is 14.9. The minimum Gasteiger partial charge on any atom is -0.218 e. The van der Waals surface area contributed by atoms with Crippen molar-refractivity contribution >= 4 is 6.08 Å². The summed E-state index contributed by atoms with van der Waals surface area (Å²) in [5.74, 6) is 1.56. The maximum absolute atomic E-state index is 8.64. The van der Waals surface area contributed by atoms with Crippen molar-refractivity contribution in [2.45, 2.75) is 84.0 Å². The van der Waals surface area contributed by atoms with Crippen LogP contribution < -0.4 is 4.57 Å². The van der Waals surface area contributed by atoms with Crippen molar-refractivity contribution in [1.29, 1.82) is 0 Å². The van der Waals surface area contributed by atoms with Crippen LogP contribution in [0, 0.1) is 32.5 Å². The summed E-state index contributed by atoms with van der Waals surface area (Å²) < 4.78 is 30.3. The summed E-state index contributed by atoms with van der Waals surface area (Å²) in [6.45, 7) is 1.99. The van der Waals surface area contributed by atoms with Gasteiger partial charge in [-0.25, -0.2) is 4.57 Å². The van der Waals surface area contributed by atoms with E-state index in [0.717, 1.165) is 22.6 Å². The monoisotopic (exact) mass is 378 g/mol. The lowest BCUT2D eigenvalue weighted by Gasteiger charge is -2.41. The van der Waals surface area contributed by atoms with Gasteiger partial charge in [-0.05, 0) is 56.4 Å². The second-order valence-corrected chi connectivity index (χ2v) is 9.29. The first-order valence-corrected chi connectivity index (χ1v) is 11.3. The lowest BCUT2D eigenvalue weighted by atomic mass is 9.67. The van der Waals surface area contributed by atoms with Crippen molar-refractivity contribution in [1.82, 2.24) is 4.57 Å². The summed E-state index contributed by atoms with van der Waals surface area (Å²) in [6, 6.07) is 8.18. The summed E-state index contributed by atoms with van der Waals surface area (Å²) in [5, 5.41) is 0. The number of aromatic nitrogens is 2. The minimum absolute atomic E-state index is 0.186. The molecule has 1 aromatic carbocycles. The summed E-state index contributed by atoms with van der Waals surface area (Å²) >= 11 is 0. The Balaban J connectivity index is 1.81. The van der Waals surface area contributed by atoms with E-state index < -0.39 is 6.85 Å². The van der Waals surface area contributed by atoms with E-state index in [4.69, 9.17) is 4.11 Å². The number of imidazole rings is 1. The molecule has 1 aromatic heterocycles. The maximum atomic E-state index is 8.64. The quantitative estimate of drug-likeness (QED) is 0.564. The summed E-state index contributed by atoms with van der Waals surface area (Å²) in [5.41, 5.74) is 4.07. The molecule has 1 aliphatic heterocycles. The number of benzene rings is 1. The normalized spacial score (nSPS) is 27.6. The van der Waals surface area contributed by atoms with Crippen LogP contribution in [0.5, 0.6) is 0 Å². The Morgan fingerprint density at radius 2 is 1.61 bits per heavy atom. The molecule has 0 radical (unpaired) electrons. The molecule has 28 heavy (non-hydrogen) atoms. The fraction of sp³-hybridized carbons (Fsp3) is 0.577. The van der Waals surface area contributed by atoms with Crippen LogP contribution >= 0.6 is 0 Å². The lowest BCUT2D eigenvalue weighted by molar-refractivity contribution is -0.770. The van der Waals surface area contributed by atoms with Crippen LogP contribution in [0.4, 0.5) is 0 Å². The molecule has 1 atom stereocenters. The minimum atomic E-state index is -2.18. The zero-order valence-electron chi connectivity index (χ0n) is 20.4. The highest BCUT2D eigenvalue weighted by Gasteiger charge is 2.54. The largest absolute Gasteiger partial charge is 0.259 e. The predicted molar refractivity (Wildman–Crippen MR) is 116 cm³/mol. The van der Waals surface area contributed by atoms with Crippen LogP contribution in [-0.4, -0.2) is 4.57 Å². The van der Waals surface area contributed by atoms with E-state index in [0.29, 0.717) is 17.7 Å². The average Bonchev–Trinajstić information content (AvgIpc) is 3.46. The topological polar surface area (TPSA) is 8.81 Å². The molecule has 2 heterocycles. The highest BCUT2D eigenvalue weighted by atomic mass is 15.2. The molecule has 0 amide bonds. The second-order valence-electron chi connectivity index (χ2n) is 9.29. The Morgan fingerprint density at radius 1 is 0.964 bits per heavy atom. The molecule has 2 aromatic rings. The van der Waals surface area contributed by atoms with Crippen LogP contribution in [-0.2, 0) is 5.54 Å². The fourth-order valence-electron chi connectivity index (χ4n) is 6.56. The second kappa shape index (κ2) is 6.90. The molecule has 0 bridgehead atoms. The van der Waals surface area contributed by atoms with Gasteiger partial charge < -0.3 is 0 Å². The van der Waals surface area contributed by atoms with E-state index >= 15 is 0 Å². The van der Waals surface area contributed by atoms with E-state index in [9.17, 15) is 0 Å². The van der Waals surface area contributed by atoms with Crippen molar-refractivity contribution in [3.05, 3.63) is 53.1 Å². The molecule has 3 aliphatic rings. The lowest BCUT2D eigenvalue weighted by Crippen LogP contribution is -2.63. The molecule has 148 valence electrons. The molecule has 0 saturated heterocycles. The van der Waals surface area contributed by atoms with E-state index in [1.165, 1.54) is 57.8 Å². The summed E-state index contributed by atoms with van der Waals surface area (Å²) in [4.78, 5) is 0. The average molecular weight is 379 g/mol. The third-order valence-electron chi connectivity index (χ3n) is 7.89. The number of rotatable bonds is 3. The fourth-order valence-corrected chi connectivity index (χ4v) is 6.56. The van der Waals surface area contributed by atoms with Crippen LogP contribution in [0.1, 0.15) is 84.7 Å². The van der Waals surface area contributed by atoms with Gasteiger partial charge in [0.2, 0.25) is 0 Å². The standard InChI is InChI=1S/C26H35N2/c1-19-11-7-10-16-24(19)27-20(2)25-17-18-26(28(25)21(27)3,23-14-8-9-15-23)22-12-5-4-6-13-22/h7,10-11,16-18,22-23H,4-6,8-9,12-15H2,1-3H3/q+1/i3D3. The molecule has 0 spiro atoms. The SMILES string of the molecule is [2H]C([2H])([2H])c1n(-c2ccccc2C)c(C)c2[n+]1C(C1CCCCC1)(C1CCCC1)C=C2. The highest BCUT2D eigenvalue weighted by Crippen LogP contribution is 2.49. The number of hydrogen-bond acceptors (Lipinski definition) is 0. The van der Waals surface area contributed by atoms with Crippen molar-refractivity contribution in [3.8, 4) is 5.69 Å². The van der Waals surface area contributed by atoms with Gasteiger partial charge in [0, 0.05) is 29.7 Å². The van der Waals surface area contributed by atoms with Gasteiger partial charge in [0.05, 0.1) is 0 Å². The van der Waals surface area contributed by atoms with Gasteiger partial charge in [-0.3, -0.25) is 0 Å². The molecule has 2 fully saturated rings. The first kappa shape index (κ1) is 15.1. The smallest absolute Gasteiger partial charge is 0.218 e. The van der Waals surface area contributed by atoms with Crippen molar-refractivity contribution in [2.24, 2.45) is 11.8 Å². The number of hydrogen-bond donors (Lipinski definition) is 0. The number of allylic oxidation sites excluding steroid dienone is 1. The molecule has 1 unspecified atom stereocenters. The van der Waals surface area contributed by atoms with Crippen molar-refractivity contribution in [2.75, 3.05) is 0 Å². The van der Waals surface area contributed by atoms with Crippen LogP contribution in [0.3, 0.4) is 0 Å². The molecule has 2 aliphatic carbocycles. The van der Waals surface area contributed by atoms with Gasteiger partial charge in [0.15, 0.2) is 11.4 Å². The van der Waals surface area contributed by atoms with Crippen LogP contribution in [0.25, 0.3) is 11.8 Å². The van der Waals surface area contributed by atoms with Crippen LogP contribution in [0.15, 0.2) is 30.3 Å². The van der Waals surface area contributed by atoms with Gasteiger partial charge in [-0.15, -0.1) is 0 Å². The molecule has 2 heteroatoms. The number of nitrogens with zero attached hydrogens (tertiary/aromatic N) is 2. The third-order valence-corrected chi connectivity index (χ3v) is 7.89. The molecule has 2 saturated carbocycles. The van der Waals surface area contributed by atoms with E-state index in [1.807, 2.05) is 16.7 Å². The molecular formula is C26H35N2+. The highest BCUT2D eigenvalue weighted by molar-refractivity contribution is 5.53. The Morgan fingerprint density at radius 3 is 2.25 bits per heavy atom. The Bertz CT molecular complexity index is 1000. The first-order valence-electron chi connectivity index (χ1n) is 12.8.